The number of amides is 1. The van der Waals surface area contributed by atoms with Gasteiger partial charge in [-0.25, -0.2) is 32.3 Å². The molecule has 3 heterocycles. The van der Waals surface area contributed by atoms with Crippen molar-refractivity contribution < 1.29 is 22.7 Å². The van der Waals surface area contributed by atoms with E-state index in [4.69, 9.17) is 0 Å². The average molecular weight is 520 g/mol. The summed E-state index contributed by atoms with van der Waals surface area (Å²) in [5.74, 6) is 0.239. The normalized spacial score (nSPS) is 15.1. The first-order valence-corrected chi connectivity index (χ1v) is 13.5. The van der Waals surface area contributed by atoms with E-state index in [1.807, 2.05) is 14.1 Å². The van der Waals surface area contributed by atoms with Crippen LogP contribution in [-0.2, 0) is 9.84 Å². The number of piperidine rings is 1. The molecular weight excluding hydrogens is 489 g/mol. The molecule has 0 aliphatic carbocycles. The van der Waals surface area contributed by atoms with Crippen LogP contribution in [-0.4, -0.2) is 102 Å². The Kier molecular flexibility index (Phi) is 7.41. The summed E-state index contributed by atoms with van der Waals surface area (Å²) < 4.78 is 39.8. The van der Waals surface area contributed by atoms with Crippen LogP contribution in [0.25, 0.3) is 16.7 Å². The van der Waals surface area contributed by atoms with Crippen molar-refractivity contribution in [2.75, 3.05) is 58.0 Å². The van der Waals surface area contributed by atoms with Crippen molar-refractivity contribution >= 4 is 32.8 Å². The summed E-state index contributed by atoms with van der Waals surface area (Å²) in [7, 11) is 0.424. The van der Waals surface area contributed by atoms with Crippen molar-refractivity contribution in [3.8, 4) is 5.69 Å². The lowest BCUT2D eigenvalue weighted by atomic mass is 9.96. The first-order valence-electron chi connectivity index (χ1n) is 11.6. The van der Waals surface area contributed by atoms with E-state index in [9.17, 15) is 22.7 Å². The van der Waals surface area contributed by atoms with Crippen LogP contribution in [0.3, 0.4) is 0 Å². The SMILES string of the molecule is CN(C)CCN(CC1CCN(C(=O)O)CC1)c1ncnc2c1cnn2-c1ccc(S(C)(=O)=O)cc1F. The maximum Gasteiger partial charge on any atom is 0.407 e. The summed E-state index contributed by atoms with van der Waals surface area (Å²) >= 11 is 0. The first-order chi connectivity index (χ1) is 17.0. The number of nitrogens with zero attached hydrogens (tertiary/aromatic N) is 7. The van der Waals surface area contributed by atoms with Gasteiger partial charge in [-0.15, -0.1) is 0 Å². The number of rotatable bonds is 8. The zero-order chi connectivity index (χ0) is 26.0. The van der Waals surface area contributed by atoms with Gasteiger partial charge in [0, 0.05) is 39.0 Å². The smallest absolute Gasteiger partial charge is 0.407 e. The quantitative estimate of drug-likeness (QED) is 0.476. The van der Waals surface area contributed by atoms with Gasteiger partial charge in [-0.1, -0.05) is 0 Å². The van der Waals surface area contributed by atoms with Crippen molar-refractivity contribution in [3.05, 3.63) is 36.5 Å². The van der Waals surface area contributed by atoms with Gasteiger partial charge in [0.1, 0.15) is 23.6 Å². The average Bonchev–Trinajstić information content (AvgIpc) is 3.25. The Hall–Kier alpha value is -3.32. The van der Waals surface area contributed by atoms with Crippen molar-refractivity contribution in [2.24, 2.45) is 5.92 Å². The van der Waals surface area contributed by atoms with Gasteiger partial charge in [-0.2, -0.15) is 5.10 Å². The molecule has 1 amide bonds. The maximum absolute atomic E-state index is 14.9. The second-order valence-corrected chi connectivity index (χ2v) is 11.4. The molecule has 1 aromatic carbocycles. The highest BCUT2D eigenvalue weighted by Gasteiger charge is 2.26. The minimum Gasteiger partial charge on any atom is -0.465 e. The van der Waals surface area contributed by atoms with E-state index in [2.05, 4.69) is 24.9 Å². The number of carbonyl (C=O) groups is 1. The Balaban J connectivity index is 1.66. The van der Waals surface area contributed by atoms with E-state index >= 15 is 0 Å². The van der Waals surface area contributed by atoms with Gasteiger partial charge in [0.15, 0.2) is 15.5 Å². The molecule has 0 atom stereocenters. The van der Waals surface area contributed by atoms with Crippen LogP contribution >= 0.6 is 0 Å². The molecule has 1 N–H and O–H groups in total. The number of aromatic nitrogens is 4. The predicted molar refractivity (Wildman–Crippen MR) is 133 cm³/mol. The molecule has 4 rings (SSSR count). The van der Waals surface area contributed by atoms with Gasteiger partial charge < -0.3 is 19.8 Å². The first kappa shape index (κ1) is 25.8. The molecule has 3 aromatic rings. The molecule has 0 unspecified atom stereocenters. The molecule has 0 radical (unpaired) electrons. The third-order valence-electron chi connectivity index (χ3n) is 6.40. The molecule has 0 saturated carbocycles. The second-order valence-electron chi connectivity index (χ2n) is 9.34. The summed E-state index contributed by atoms with van der Waals surface area (Å²) in [6, 6.07) is 3.70. The number of halogens is 1. The van der Waals surface area contributed by atoms with Crippen molar-refractivity contribution in [2.45, 2.75) is 17.7 Å². The van der Waals surface area contributed by atoms with Crippen LogP contribution in [0.2, 0.25) is 0 Å². The summed E-state index contributed by atoms with van der Waals surface area (Å²) in [5, 5.41) is 14.2. The topological polar surface area (TPSA) is 125 Å². The van der Waals surface area contributed by atoms with Crippen LogP contribution < -0.4 is 4.90 Å². The monoisotopic (exact) mass is 519 g/mol. The van der Waals surface area contributed by atoms with Crippen molar-refractivity contribution in [1.82, 2.24) is 29.5 Å². The van der Waals surface area contributed by atoms with Gasteiger partial charge in [0.05, 0.1) is 16.5 Å². The number of anilines is 1. The van der Waals surface area contributed by atoms with Crippen LogP contribution in [0.1, 0.15) is 12.8 Å². The third kappa shape index (κ3) is 5.57. The van der Waals surface area contributed by atoms with Gasteiger partial charge in [0.2, 0.25) is 0 Å². The maximum atomic E-state index is 14.9. The highest BCUT2D eigenvalue weighted by Crippen LogP contribution is 2.28. The molecule has 1 fully saturated rings. The van der Waals surface area contributed by atoms with E-state index in [0.29, 0.717) is 48.9 Å². The number of likely N-dealkylation sites (tertiary alicyclic amines) is 1. The lowest BCUT2D eigenvalue weighted by Gasteiger charge is -2.34. The Morgan fingerprint density at radius 1 is 1.19 bits per heavy atom. The Morgan fingerprint density at radius 3 is 2.53 bits per heavy atom. The molecule has 13 heteroatoms. The summed E-state index contributed by atoms with van der Waals surface area (Å²) in [6.45, 7) is 3.15. The standard InChI is InChI=1S/C23H30FN7O4S/c1-28(2)10-11-30(14-16-6-8-29(9-7-16)23(32)33)21-18-13-27-31(22(18)26-15-25-21)20-5-4-17(12-19(20)24)36(3,34)35/h4-5,12-13,15-16H,6-11,14H2,1-3H3,(H,32,33). The molecular formula is C23H30FN7O4S. The van der Waals surface area contributed by atoms with E-state index < -0.39 is 21.7 Å². The molecule has 11 nitrogen and oxygen atoms in total. The fourth-order valence-electron chi connectivity index (χ4n) is 4.37. The van der Waals surface area contributed by atoms with E-state index in [-0.39, 0.29) is 10.6 Å². The molecule has 194 valence electrons. The molecule has 1 saturated heterocycles. The number of fused-ring (bicyclic) bond motifs is 1. The fourth-order valence-corrected chi connectivity index (χ4v) is 5.01. The lowest BCUT2D eigenvalue weighted by Crippen LogP contribution is -2.42. The summed E-state index contributed by atoms with van der Waals surface area (Å²) in [4.78, 5) is 25.7. The highest BCUT2D eigenvalue weighted by atomic mass is 32.2. The number of carboxylic acid groups (broad SMARTS) is 1. The molecule has 2 aromatic heterocycles. The Bertz CT molecular complexity index is 1350. The predicted octanol–water partition coefficient (Wildman–Crippen LogP) is 2.12. The van der Waals surface area contributed by atoms with Crippen LogP contribution in [0, 0.1) is 11.7 Å². The van der Waals surface area contributed by atoms with Gasteiger partial charge in [-0.3, -0.25) is 0 Å². The fraction of sp³-hybridized carbons (Fsp3) is 0.478. The van der Waals surface area contributed by atoms with Gasteiger partial charge >= 0.3 is 6.09 Å². The summed E-state index contributed by atoms with van der Waals surface area (Å²) in [5.41, 5.74) is 0.490. The zero-order valence-electron chi connectivity index (χ0n) is 20.5. The number of likely N-dealkylation sites (N-methyl/N-ethyl adjacent to an activating group) is 1. The zero-order valence-corrected chi connectivity index (χ0v) is 21.3. The molecule has 1 aliphatic heterocycles. The number of benzene rings is 1. The van der Waals surface area contributed by atoms with E-state index in [1.165, 1.54) is 28.0 Å². The van der Waals surface area contributed by atoms with E-state index in [0.717, 1.165) is 31.7 Å². The molecule has 0 bridgehead atoms. The third-order valence-corrected chi connectivity index (χ3v) is 7.51. The lowest BCUT2D eigenvalue weighted by molar-refractivity contribution is 0.125. The molecule has 1 aliphatic rings. The minimum absolute atomic E-state index is 0.0861. The van der Waals surface area contributed by atoms with Crippen LogP contribution in [0.15, 0.2) is 35.6 Å². The number of hydrogen-bond acceptors (Lipinski definition) is 8. The van der Waals surface area contributed by atoms with Gasteiger partial charge in [-0.05, 0) is 51.1 Å². The molecule has 0 spiro atoms. The second kappa shape index (κ2) is 10.3. The Morgan fingerprint density at radius 2 is 1.92 bits per heavy atom. The largest absolute Gasteiger partial charge is 0.465 e. The summed E-state index contributed by atoms with van der Waals surface area (Å²) in [6.07, 6.45) is 4.66. The van der Waals surface area contributed by atoms with Crippen LogP contribution in [0.4, 0.5) is 15.0 Å². The number of hydrogen-bond donors (Lipinski definition) is 1. The minimum atomic E-state index is -3.55. The Labute approximate surface area is 209 Å². The van der Waals surface area contributed by atoms with Crippen molar-refractivity contribution in [1.29, 1.82) is 0 Å². The van der Waals surface area contributed by atoms with Crippen LogP contribution in [0.5, 0.6) is 0 Å². The molecule has 36 heavy (non-hydrogen) atoms. The number of sulfone groups is 1. The van der Waals surface area contributed by atoms with E-state index in [1.54, 1.807) is 6.20 Å². The van der Waals surface area contributed by atoms with Crippen molar-refractivity contribution in [3.63, 3.8) is 0 Å². The van der Waals surface area contributed by atoms with Gasteiger partial charge in [0.25, 0.3) is 0 Å². The highest BCUT2D eigenvalue weighted by molar-refractivity contribution is 7.90.